The highest BCUT2D eigenvalue weighted by Gasteiger charge is 2.26. The topological polar surface area (TPSA) is 45.7 Å². The molecule has 1 aromatic heterocycles. The quantitative estimate of drug-likeness (QED) is 0.260. The zero-order valence-corrected chi connectivity index (χ0v) is 23.6. The Hall–Kier alpha value is -3.03. The molecule has 0 radical (unpaired) electrons. The Morgan fingerprint density at radius 3 is 2.08 bits per heavy atom. The lowest BCUT2D eigenvalue weighted by atomic mass is 9.87. The first-order chi connectivity index (χ1) is 19.1. The SMILES string of the molecule is Cl.O=C(OC1CCCCC1)c1cccnc1N1CCN(CCCC(c2ccc(F)cc2)c2ccc(F)cc2)CC1. The molecule has 0 bridgehead atoms. The minimum atomic E-state index is -0.264. The fourth-order valence-electron chi connectivity index (χ4n) is 5.82. The van der Waals surface area contributed by atoms with E-state index in [1.807, 2.05) is 30.3 Å². The number of hydrogen-bond donors (Lipinski definition) is 0. The summed E-state index contributed by atoms with van der Waals surface area (Å²) in [4.78, 5) is 22.2. The number of anilines is 1. The largest absolute Gasteiger partial charge is 0.459 e. The number of pyridine rings is 1. The van der Waals surface area contributed by atoms with Gasteiger partial charge in [-0.3, -0.25) is 4.90 Å². The van der Waals surface area contributed by atoms with Crippen molar-refractivity contribution in [2.75, 3.05) is 37.6 Å². The summed E-state index contributed by atoms with van der Waals surface area (Å²) in [5, 5.41) is 0. The molecule has 8 heteroatoms. The van der Waals surface area contributed by atoms with Crippen LogP contribution in [0.15, 0.2) is 66.9 Å². The number of ether oxygens (including phenoxy) is 1. The molecule has 2 aromatic carbocycles. The molecular weight excluding hydrogens is 532 g/mol. The minimum Gasteiger partial charge on any atom is -0.459 e. The molecule has 5 rings (SSSR count). The number of carbonyl (C=O) groups is 1. The molecule has 214 valence electrons. The maximum Gasteiger partial charge on any atom is 0.342 e. The molecule has 3 aromatic rings. The number of aromatic nitrogens is 1. The van der Waals surface area contributed by atoms with E-state index >= 15 is 0 Å². The van der Waals surface area contributed by atoms with Crippen molar-refractivity contribution in [2.24, 2.45) is 0 Å². The highest BCUT2D eigenvalue weighted by Crippen LogP contribution is 2.30. The Morgan fingerprint density at radius 2 is 1.48 bits per heavy atom. The molecule has 1 aliphatic carbocycles. The molecule has 0 atom stereocenters. The van der Waals surface area contributed by atoms with Gasteiger partial charge < -0.3 is 9.64 Å². The van der Waals surface area contributed by atoms with Crippen molar-refractivity contribution in [3.05, 3.63) is 95.2 Å². The number of esters is 1. The summed E-state index contributed by atoms with van der Waals surface area (Å²) in [5.74, 6) is 0.0185. The van der Waals surface area contributed by atoms with E-state index in [1.54, 1.807) is 12.3 Å². The van der Waals surface area contributed by atoms with Gasteiger partial charge in [-0.2, -0.15) is 0 Å². The summed E-state index contributed by atoms with van der Waals surface area (Å²) in [6.07, 6.45) is 8.95. The van der Waals surface area contributed by atoms with Gasteiger partial charge in [0.15, 0.2) is 0 Å². The smallest absolute Gasteiger partial charge is 0.342 e. The van der Waals surface area contributed by atoms with Crippen LogP contribution in [-0.2, 0) is 4.74 Å². The molecule has 40 heavy (non-hydrogen) atoms. The van der Waals surface area contributed by atoms with Crippen LogP contribution in [0.4, 0.5) is 14.6 Å². The summed E-state index contributed by atoms with van der Waals surface area (Å²) in [6.45, 7) is 4.28. The van der Waals surface area contributed by atoms with Crippen LogP contribution in [0.2, 0.25) is 0 Å². The molecular formula is C32H38ClF2N3O2. The first-order valence-electron chi connectivity index (χ1n) is 14.2. The number of benzene rings is 2. The first-order valence-corrected chi connectivity index (χ1v) is 14.2. The number of halogens is 3. The number of rotatable bonds is 9. The maximum atomic E-state index is 13.5. The van der Waals surface area contributed by atoms with E-state index in [9.17, 15) is 13.6 Å². The molecule has 0 N–H and O–H groups in total. The summed E-state index contributed by atoms with van der Waals surface area (Å²) in [7, 11) is 0. The monoisotopic (exact) mass is 569 g/mol. The van der Waals surface area contributed by atoms with Crippen LogP contribution in [-0.4, -0.2) is 54.7 Å². The van der Waals surface area contributed by atoms with Crippen molar-refractivity contribution < 1.29 is 18.3 Å². The number of hydrogen-bond acceptors (Lipinski definition) is 5. The van der Waals surface area contributed by atoms with Crippen molar-refractivity contribution in [3.63, 3.8) is 0 Å². The van der Waals surface area contributed by atoms with Crippen LogP contribution in [0.1, 0.15) is 72.3 Å². The van der Waals surface area contributed by atoms with Gasteiger partial charge in [0.2, 0.25) is 0 Å². The number of piperazine rings is 1. The van der Waals surface area contributed by atoms with Gasteiger partial charge in [-0.05, 0) is 92.6 Å². The van der Waals surface area contributed by atoms with Crippen LogP contribution in [0, 0.1) is 11.6 Å². The lowest BCUT2D eigenvalue weighted by Crippen LogP contribution is -2.47. The Labute approximate surface area is 242 Å². The van der Waals surface area contributed by atoms with Gasteiger partial charge in [0.25, 0.3) is 0 Å². The van der Waals surface area contributed by atoms with Gasteiger partial charge in [-0.25, -0.2) is 18.6 Å². The molecule has 0 spiro atoms. The van der Waals surface area contributed by atoms with E-state index in [0.29, 0.717) is 11.4 Å². The third-order valence-corrected chi connectivity index (χ3v) is 8.02. The Kier molecular flexibility index (Phi) is 10.9. The second-order valence-electron chi connectivity index (χ2n) is 10.7. The van der Waals surface area contributed by atoms with E-state index in [4.69, 9.17) is 4.74 Å². The summed E-state index contributed by atoms with van der Waals surface area (Å²) in [6, 6.07) is 16.9. The van der Waals surface area contributed by atoms with Crippen molar-refractivity contribution in [3.8, 4) is 0 Å². The van der Waals surface area contributed by atoms with Crippen molar-refractivity contribution in [1.82, 2.24) is 9.88 Å². The van der Waals surface area contributed by atoms with Gasteiger partial charge in [0.05, 0.1) is 0 Å². The Morgan fingerprint density at radius 1 is 0.875 bits per heavy atom. The zero-order valence-electron chi connectivity index (χ0n) is 22.8. The average Bonchev–Trinajstić information content (AvgIpc) is 2.97. The number of carbonyl (C=O) groups excluding carboxylic acids is 1. The summed E-state index contributed by atoms with van der Waals surface area (Å²) >= 11 is 0. The Balaban J connectivity index is 0.00000370. The van der Waals surface area contributed by atoms with Crippen molar-refractivity contribution in [1.29, 1.82) is 0 Å². The van der Waals surface area contributed by atoms with E-state index < -0.39 is 0 Å². The fourth-order valence-corrected chi connectivity index (χ4v) is 5.82. The lowest BCUT2D eigenvalue weighted by molar-refractivity contribution is 0.0211. The average molecular weight is 570 g/mol. The summed E-state index contributed by atoms with van der Waals surface area (Å²) < 4.78 is 32.9. The van der Waals surface area contributed by atoms with E-state index in [2.05, 4.69) is 14.8 Å². The van der Waals surface area contributed by atoms with Gasteiger partial charge in [0, 0.05) is 38.3 Å². The Bertz CT molecular complexity index is 1170. The molecule has 2 heterocycles. The predicted octanol–water partition coefficient (Wildman–Crippen LogP) is 7.01. The van der Waals surface area contributed by atoms with Crippen molar-refractivity contribution >= 4 is 24.2 Å². The van der Waals surface area contributed by atoms with E-state index in [-0.39, 0.29) is 42.0 Å². The molecule has 2 fully saturated rings. The molecule has 0 amide bonds. The van der Waals surface area contributed by atoms with Gasteiger partial charge >= 0.3 is 5.97 Å². The maximum absolute atomic E-state index is 13.5. The fraction of sp³-hybridized carbons (Fsp3) is 0.438. The molecule has 2 aliphatic rings. The lowest BCUT2D eigenvalue weighted by Gasteiger charge is -2.36. The normalized spacial score (nSPS) is 16.5. The highest BCUT2D eigenvalue weighted by atomic mass is 35.5. The predicted molar refractivity (Wildman–Crippen MR) is 156 cm³/mol. The standard InChI is InChI=1S/C32H37F2N3O2.ClH/c33-26-14-10-24(11-15-26)29(25-12-16-27(34)17-13-25)9-5-19-36-20-22-37(23-21-36)31-30(8-4-18-35-31)32(38)39-28-6-2-1-3-7-28;/h4,8,10-18,28-29H,1-3,5-7,9,19-23H2;1H. The molecule has 1 saturated heterocycles. The third kappa shape index (κ3) is 7.79. The zero-order chi connectivity index (χ0) is 27.0. The van der Waals surface area contributed by atoms with Crippen LogP contribution >= 0.6 is 12.4 Å². The second-order valence-corrected chi connectivity index (χ2v) is 10.7. The van der Waals surface area contributed by atoms with E-state index in [0.717, 1.165) is 82.4 Å². The number of nitrogens with zero attached hydrogens (tertiary/aromatic N) is 3. The van der Waals surface area contributed by atoms with Gasteiger partial charge in [0.1, 0.15) is 29.1 Å². The molecule has 1 saturated carbocycles. The molecule has 5 nitrogen and oxygen atoms in total. The van der Waals surface area contributed by atoms with Crippen LogP contribution in [0.5, 0.6) is 0 Å². The second kappa shape index (κ2) is 14.6. The van der Waals surface area contributed by atoms with Crippen LogP contribution in [0.3, 0.4) is 0 Å². The molecule has 0 unspecified atom stereocenters. The first kappa shape index (κ1) is 29.9. The highest BCUT2D eigenvalue weighted by molar-refractivity contribution is 5.95. The van der Waals surface area contributed by atoms with Gasteiger partial charge in [-0.15, -0.1) is 12.4 Å². The minimum absolute atomic E-state index is 0. The van der Waals surface area contributed by atoms with Crippen LogP contribution < -0.4 is 4.90 Å². The van der Waals surface area contributed by atoms with Crippen LogP contribution in [0.25, 0.3) is 0 Å². The van der Waals surface area contributed by atoms with E-state index in [1.165, 1.54) is 30.7 Å². The third-order valence-electron chi connectivity index (χ3n) is 8.02. The van der Waals surface area contributed by atoms with Gasteiger partial charge in [-0.1, -0.05) is 30.7 Å². The molecule has 1 aliphatic heterocycles. The van der Waals surface area contributed by atoms with Crippen molar-refractivity contribution in [2.45, 2.75) is 57.0 Å². The summed E-state index contributed by atoms with van der Waals surface area (Å²) in [5.41, 5.74) is 2.63.